The Kier molecular flexibility index (Phi) is 14.9. The SMILES string of the molecule is CCCCCCCCCCCC[N+]1(CC)CCCCC1.CS(=O)(=O)[O-]. The Morgan fingerprint density at radius 1 is 0.760 bits per heavy atom. The molecule has 0 atom stereocenters. The van der Waals surface area contributed by atoms with Gasteiger partial charge in [0.25, 0.3) is 0 Å². The van der Waals surface area contributed by atoms with Crippen LogP contribution in [-0.4, -0.2) is 49.9 Å². The monoisotopic (exact) mass is 377 g/mol. The molecule has 1 aliphatic heterocycles. The molecule has 0 aromatic heterocycles. The molecule has 0 N–H and O–H groups in total. The number of unbranched alkanes of at least 4 members (excludes halogenated alkanes) is 9. The predicted octanol–water partition coefficient (Wildman–Crippen LogP) is 5.09. The molecule has 1 saturated heterocycles. The number of hydrogen-bond donors (Lipinski definition) is 0. The van der Waals surface area contributed by atoms with Crippen molar-refractivity contribution < 1.29 is 17.5 Å². The molecule has 0 aromatic carbocycles. The lowest BCUT2D eigenvalue weighted by molar-refractivity contribution is -0.931. The lowest BCUT2D eigenvalue weighted by Gasteiger charge is -2.41. The van der Waals surface area contributed by atoms with Crippen molar-refractivity contribution in [3.05, 3.63) is 0 Å². The Morgan fingerprint density at radius 2 is 1.16 bits per heavy atom. The summed E-state index contributed by atoms with van der Waals surface area (Å²) >= 11 is 0. The maximum atomic E-state index is 9.08. The van der Waals surface area contributed by atoms with Gasteiger partial charge in [0.05, 0.1) is 36.3 Å². The lowest BCUT2D eigenvalue weighted by atomic mass is 10.0. The second-order valence-electron chi connectivity index (χ2n) is 7.78. The largest absolute Gasteiger partial charge is 0.748 e. The summed E-state index contributed by atoms with van der Waals surface area (Å²) in [7, 11) is -3.92. The fraction of sp³-hybridized carbons (Fsp3) is 1.00. The van der Waals surface area contributed by atoms with Crippen LogP contribution in [0.3, 0.4) is 0 Å². The second kappa shape index (κ2) is 15.0. The molecule has 0 amide bonds. The lowest BCUT2D eigenvalue weighted by Crippen LogP contribution is -2.51. The first-order chi connectivity index (χ1) is 11.8. The molecule has 1 rings (SSSR count). The highest BCUT2D eigenvalue weighted by molar-refractivity contribution is 7.84. The Balaban J connectivity index is 0.00000101. The van der Waals surface area contributed by atoms with Crippen LogP contribution in [0, 0.1) is 0 Å². The van der Waals surface area contributed by atoms with Crippen molar-refractivity contribution in [2.45, 2.75) is 97.3 Å². The van der Waals surface area contributed by atoms with Crippen LogP contribution >= 0.6 is 0 Å². The van der Waals surface area contributed by atoms with Gasteiger partial charge >= 0.3 is 0 Å². The highest BCUT2D eigenvalue weighted by Crippen LogP contribution is 2.20. The fourth-order valence-corrected chi connectivity index (χ4v) is 3.82. The third-order valence-corrected chi connectivity index (χ3v) is 5.42. The van der Waals surface area contributed by atoms with Gasteiger partial charge in [0, 0.05) is 6.26 Å². The number of rotatable bonds is 12. The molecule has 0 aromatic rings. The molecule has 5 heteroatoms. The van der Waals surface area contributed by atoms with E-state index in [9.17, 15) is 0 Å². The van der Waals surface area contributed by atoms with Crippen LogP contribution in [0.2, 0.25) is 0 Å². The summed E-state index contributed by atoms with van der Waals surface area (Å²) < 4.78 is 28.7. The minimum atomic E-state index is -3.92. The summed E-state index contributed by atoms with van der Waals surface area (Å²) in [6.07, 6.45) is 19.7. The van der Waals surface area contributed by atoms with Crippen LogP contribution in [0.15, 0.2) is 0 Å². The molecule has 0 aliphatic carbocycles. The van der Waals surface area contributed by atoms with Gasteiger partial charge in [-0.2, -0.15) is 0 Å². The summed E-state index contributed by atoms with van der Waals surface area (Å²) in [5.41, 5.74) is 0. The van der Waals surface area contributed by atoms with Crippen molar-refractivity contribution in [2.24, 2.45) is 0 Å². The molecule has 25 heavy (non-hydrogen) atoms. The zero-order chi connectivity index (χ0) is 19.0. The topological polar surface area (TPSA) is 57.2 Å². The van der Waals surface area contributed by atoms with Crippen LogP contribution < -0.4 is 0 Å². The van der Waals surface area contributed by atoms with Crippen LogP contribution in [0.25, 0.3) is 0 Å². The van der Waals surface area contributed by atoms with Gasteiger partial charge < -0.3 is 9.04 Å². The summed E-state index contributed by atoms with van der Waals surface area (Å²) in [5.74, 6) is 0. The van der Waals surface area contributed by atoms with Gasteiger partial charge in [-0.1, -0.05) is 58.3 Å². The number of nitrogens with zero attached hydrogens (tertiary/aromatic N) is 1. The zero-order valence-corrected chi connectivity index (χ0v) is 17.9. The van der Waals surface area contributed by atoms with Gasteiger partial charge in [0.15, 0.2) is 0 Å². The molecule has 1 heterocycles. The van der Waals surface area contributed by atoms with Crippen molar-refractivity contribution in [1.29, 1.82) is 0 Å². The molecule has 152 valence electrons. The Morgan fingerprint density at radius 3 is 1.56 bits per heavy atom. The molecule has 1 aliphatic rings. The van der Waals surface area contributed by atoms with Gasteiger partial charge in [-0.25, -0.2) is 8.42 Å². The van der Waals surface area contributed by atoms with E-state index in [-0.39, 0.29) is 0 Å². The van der Waals surface area contributed by atoms with Crippen LogP contribution in [-0.2, 0) is 10.1 Å². The third-order valence-electron chi connectivity index (χ3n) is 5.42. The molecular weight excluding hydrogens is 334 g/mol. The fourth-order valence-electron chi connectivity index (χ4n) is 3.82. The molecule has 0 unspecified atom stereocenters. The number of piperidine rings is 1. The van der Waals surface area contributed by atoms with Crippen molar-refractivity contribution in [3.8, 4) is 0 Å². The number of hydrogen-bond acceptors (Lipinski definition) is 3. The van der Waals surface area contributed by atoms with Gasteiger partial charge in [0.1, 0.15) is 0 Å². The molecule has 1 fully saturated rings. The first-order valence-electron chi connectivity index (χ1n) is 10.6. The first kappa shape index (κ1) is 24.9. The van der Waals surface area contributed by atoms with Gasteiger partial charge in [-0.3, -0.25) is 0 Å². The molecule has 0 spiro atoms. The molecule has 4 nitrogen and oxygen atoms in total. The minimum Gasteiger partial charge on any atom is -0.748 e. The number of quaternary nitrogens is 1. The highest BCUT2D eigenvalue weighted by atomic mass is 32.2. The minimum absolute atomic E-state index is 0.604. The van der Waals surface area contributed by atoms with E-state index in [1.54, 1.807) is 0 Å². The maximum absolute atomic E-state index is 9.08. The van der Waals surface area contributed by atoms with E-state index < -0.39 is 10.1 Å². The zero-order valence-electron chi connectivity index (χ0n) is 17.1. The molecular formula is C20H43NO3S. The molecule has 0 saturated carbocycles. The van der Waals surface area contributed by atoms with Crippen molar-refractivity contribution in [1.82, 2.24) is 0 Å². The third kappa shape index (κ3) is 17.1. The van der Waals surface area contributed by atoms with E-state index >= 15 is 0 Å². The van der Waals surface area contributed by atoms with Crippen LogP contribution in [0.4, 0.5) is 0 Å². The number of likely N-dealkylation sites (tertiary alicyclic amines) is 1. The van der Waals surface area contributed by atoms with Crippen molar-refractivity contribution >= 4 is 10.1 Å². The van der Waals surface area contributed by atoms with Gasteiger partial charge in [0.2, 0.25) is 0 Å². The standard InChI is InChI=1S/C19H40N.CH4O3S/c1-3-5-6-7-8-9-10-11-12-14-17-20(4-2)18-15-13-16-19-20;1-5(2,3)4/h3-19H2,1-2H3;1H3,(H,2,3,4)/q+1;/p-1. The smallest absolute Gasteiger partial charge is 0.0916 e. The van der Waals surface area contributed by atoms with Crippen molar-refractivity contribution in [2.75, 3.05) is 32.4 Å². The van der Waals surface area contributed by atoms with Gasteiger partial charge in [-0.05, 0) is 39.0 Å². The van der Waals surface area contributed by atoms with E-state index in [1.165, 1.54) is 114 Å². The summed E-state index contributed by atoms with van der Waals surface area (Å²) in [6, 6.07) is 0. The maximum Gasteiger partial charge on any atom is 0.0916 e. The van der Waals surface area contributed by atoms with Crippen LogP contribution in [0.1, 0.15) is 97.3 Å². The molecule has 0 radical (unpaired) electrons. The Labute approximate surface area is 157 Å². The summed E-state index contributed by atoms with van der Waals surface area (Å²) in [5, 5.41) is 0. The normalized spacial score (nSPS) is 17.0. The quantitative estimate of drug-likeness (QED) is 0.270. The Hall–Kier alpha value is -0.130. The average Bonchev–Trinajstić information content (AvgIpc) is 2.56. The first-order valence-corrected chi connectivity index (χ1v) is 12.4. The summed E-state index contributed by atoms with van der Waals surface area (Å²) in [4.78, 5) is 0. The average molecular weight is 378 g/mol. The van der Waals surface area contributed by atoms with Crippen LogP contribution in [0.5, 0.6) is 0 Å². The van der Waals surface area contributed by atoms with E-state index in [1.807, 2.05) is 0 Å². The second-order valence-corrected chi connectivity index (χ2v) is 9.18. The van der Waals surface area contributed by atoms with E-state index in [0.717, 1.165) is 0 Å². The molecule has 0 bridgehead atoms. The van der Waals surface area contributed by atoms with E-state index in [0.29, 0.717) is 6.26 Å². The van der Waals surface area contributed by atoms with Gasteiger partial charge in [-0.15, -0.1) is 0 Å². The highest BCUT2D eigenvalue weighted by Gasteiger charge is 2.26. The van der Waals surface area contributed by atoms with E-state index in [4.69, 9.17) is 13.0 Å². The van der Waals surface area contributed by atoms with E-state index in [2.05, 4.69) is 13.8 Å². The van der Waals surface area contributed by atoms with Crippen molar-refractivity contribution in [3.63, 3.8) is 0 Å². The Bertz CT molecular complexity index is 382. The predicted molar refractivity (Wildman–Crippen MR) is 107 cm³/mol. The summed E-state index contributed by atoms with van der Waals surface area (Å²) in [6.45, 7) is 10.5.